The van der Waals surface area contributed by atoms with Gasteiger partial charge in [0.25, 0.3) is 5.91 Å². The standard InChI is InChI=1S/C78H138N3O33P/c1-52(2)115(103,104)111-50-53-45-59(90)46-81(53)65(93)34-16-8-6-4-3-5-7-15-33-64(92)80-78(109-43-36-58(89)28-14-10-12-26-55(86)31-19-23-40-107-76-73(101)70(98)67(95)61(48-83)113-76,110-44-37-63(91)79-38-21-17-29-56(87)32-20-24-41-108-77-74(102)71(99)68(96)62(49-84)114-77)51-105-42-35-57(88)27-13-9-11-25-54(85)30-18-22-39-106-75-72(100)69(97)66(94)60(47-82)112-75/h52-53,59-62,66-77,82-84,90,94-102H,3-51H2,1-2H3,(H,79,91)(H,80,92)(H,103,104)/t53-,59+,60?,61?,62?,66-,67-,68-,69-,70-,71-,72?,73?,74?,75+,76+,77+,78?/m0/s1. The SMILES string of the molecule is CC(C)P(=O)(O)OC[C@@H]1C[C@@H](O)CN1C(=O)CCCCCCCCCCC(=O)NC(COCCC(=O)CCCCCC(=O)CCCCO[C@@H]1OC(CO)[C@H](O)[C@H](O)C1O)(OCCC(=O)CCCCCC(=O)CCCCO[C@@H]1OC(CO)[C@H](O)[C@H](O)C1O)OCCC(=O)NCCCCC(=O)CCCCO[C@@H]1OC(CO)[C@H](O)[C@H](O)C1O. The van der Waals surface area contributed by atoms with E-state index in [2.05, 4.69) is 10.6 Å². The molecular formula is C78H138N3O33P. The van der Waals surface area contributed by atoms with E-state index < -0.39 is 162 Å². The van der Waals surface area contributed by atoms with Gasteiger partial charge in [0.1, 0.15) is 109 Å². The molecular weight excluding hydrogens is 1540 g/mol. The van der Waals surface area contributed by atoms with Gasteiger partial charge in [-0.1, -0.05) is 65.2 Å². The van der Waals surface area contributed by atoms with Crippen LogP contribution in [0.5, 0.6) is 0 Å². The van der Waals surface area contributed by atoms with Crippen molar-refractivity contribution in [1.29, 1.82) is 0 Å². The molecule has 3 amide bonds. The molecule has 4 aliphatic rings. The molecule has 0 radical (unpaired) electrons. The van der Waals surface area contributed by atoms with Gasteiger partial charge < -0.3 is 134 Å². The molecule has 0 spiro atoms. The van der Waals surface area contributed by atoms with Crippen molar-refractivity contribution in [3.8, 4) is 0 Å². The van der Waals surface area contributed by atoms with Gasteiger partial charge in [-0.3, -0.25) is 42.9 Å². The lowest BCUT2D eigenvalue weighted by Gasteiger charge is -2.39. The maximum absolute atomic E-state index is 14.0. The summed E-state index contributed by atoms with van der Waals surface area (Å²) in [6.45, 7) is 0.670. The average molecular weight is 1680 g/mol. The van der Waals surface area contributed by atoms with Crippen LogP contribution in [0.2, 0.25) is 0 Å². The van der Waals surface area contributed by atoms with Gasteiger partial charge in [-0.2, -0.15) is 0 Å². The Kier molecular flexibility index (Phi) is 52.2. The quantitative estimate of drug-likeness (QED) is 0.0233. The summed E-state index contributed by atoms with van der Waals surface area (Å²) in [5.41, 5.74) is -0.611. The monoisotopic (exact) mass is 1680 g/mol. The molecule has 37 heteroatoms. The molecule has 19 atom stereocenters. The van der Waals surface area contributed by atoms with Crippen molar-refractivity contribution >= 4 is 54.2 Å². The highest BCUT2D eigenvalue weighted by Crippen LogP contribution is 2.47. The molecule has 8 unspecified atom stereocenters. The van der Waals surface area contributed by atoms with E-state index in [1.54, 1.807) is 13.8 Å². The lowest BCUT2D eigenvalue weighted by atomic mass is 9.99. The van der Waals surface area contributed by atoms with Crippen LogP contribution in [0.4, 0.5) is 0 Å². The zero-order valence-electron chi connectivity index (χ0n) is 67.5. The molecule has 0 aromatic rings. The van der Waals surface area contributed by atoms with Crippen molar-refractivity contribution in [1.82, 2.24) is 15.5 Å². The molecule has 4 rings (SSSR count). The summed E-state index contributed by atoms with van der Waals surface area (Å²) in [4.78, 5) is 117. The number of rotatable bonds is 67. The highest BCUT2D eigenvalue weighted by Gasteiger charge is 2.47. The van der Waals surface area contributed by atoms with Gasteiger partial charge in [0.2, 0.25) is 17.7 Å². The maximum Gasteiger partial charge on any atom is 0.330 e. The van der Waals surface area contributed by atoms with Crippen molar-refractivity contribution in [2.24, 2.45) is 0 Å². The molecule has 0 saturated carbocycles. The Labute approximate surface area is 675 Å². The van der Waals surface area contributed by atoms with Crippen molar-refractivity contribution in [2.45, 2.75) is 361 Å². The number of likely N-dealkylation sites (tertiary alicyclic amines) is 1. The van der Waals surface area contributed by atoms with E-state index in [0.29, 0.717) is 116 Å². The van der Waals surface area contributed by atoms with Crippen molar-refractivity contribution in [3.05, 3.63) is 0 Å². The molecule has 0 aromatic carbocycles. The van der Waals surface area contributed by atoms with E-state index >= 15 is 0 Å². The molecule has 115 heavy (non-hydrogen) atoms. The number of aliphatic hydroxyl groups excluding tert-OH is 13. The summed E-state index contributed by atoms with van der Waals surface area (Å²) in [5, 5.41) is 135. The topological polar surface area (TPSA) is 556 Å². The van der Waals surface area contributed by atoms with E-state index in [0.717, 1.165) is 32.1 Å². The molecule has 4 saturated heterocycles. The van der Waals surface area contributed by atoms with Gasteiger partial charge in [-0.05, 0) is 96.3 Å². The number of hydrogen-bond acceptors (Lipinski definition) is 32. The molecule has 4 fully saturated rings. The van der Waals surface area contributed by atoms with Crippen LogP contribution >= 0.6 is 7.60 Å². The van der Waals surface area contributed by atoms with Crippen molar-refractivity contribution in [2.75, 3.05) is 85.8 Å². The smallest absolute Gasteiger partial charge is 0.330 e. The number of nitrogens with zero attached hydrogens (tertiary/aromatic N) is 1. The minimum Gasteiger partial charge on any atom is -0.394 e. The van der Waals surface area contributed by atoms with E-state index in [9.17, 15) is 114 Å². The fraction of sp³-hybridized carbons (Fsp3) is 0.897. The molecule has 16 N–H and O–H groups in total. The third-order valence-corrected chi connectivity index (χ3v) is 22.7. The Morgan fingerprint density at radius 3 is 1.17 bits per heavy atom. The Morgan fingerprint density at radius 1 is 0.417 bits per heavy atom. The predicted molar refractivity (Wildman–Crippen MR) is 409 cm³/mol. The number of aliphatic hydroxyl groups is 13. The van der Waals surface area contributed by atoms with Gasteiger partial charge in [-0.15, -0.1) is 0 Å². The van der Waals surface area contributed by atoms with Gasteiger partial charge in [0.15, 0.2) is 18.9 Å². The second-order valence-electron chi connectivity index (χ2n) is 30.9. The van der Waals surface area contributed by atoms with Gasteiger partial charge in [0.05, 0.1) is 70.5 Å². The number of ketones is 5. The summed E-state index contributed by atoms with van der Waals surface area (Å²) < 4.78 is 68.9. The number of carbonyl (C=O) groups is 8. The minimum atomic E-state index is -3.86. The Morgan fingerprint density at radius 2 is 0.765 bits per heavy atom. The molecule has 0 bridgehead atoms. The maximum atomic E-state index is 14.0. The number of hydrogen-bond donors (Lipinski definition) is 16. The summed E-state index contributed by atoms with van der Waals surface area (Å²) in [6.07, 6.45) is -6.93. The molecule has 4 aliphatic heterocycles. The first-order valence-corrected chi connectivity index (χ1v) is 43.3. The highest BCUT2D eigenvalue weighted by atomic mass is 31.2. The van der Waals surface area contributed by atoms with E-state index in [-0.39, 0.29) is 178 Å². The van der Waals surface area contributed by atoms with Gasteiger partial charge in [0, 0.05) is 110 Å². The third-order valence-electron chi connectivity index (χ3n) is 20.9. The van der Waals surface area contributed by atoms with Crippen LogP contribution in [0.3, 0.4) is 0 Å². The first kappa shape index (κ1) is 103. The van der Waals surface area contributed by atoms with Crippen LogP contribution in [0.1, 0.15) is 245 Å². The number of Topliss-reactive ketones (excluding diaryl/α,β-unsaturated/α-hetero) is 5. The van der Waals surface area contributed by atoms with Crippen LogP contribution < -0.4 is 10.6 Å². The number of carbonyl (C=O) groups excluding carboxylic acids is 8. The first-order valence-electron chi connectivity index (χ1n) is 41.7. The van der Waals surface area contributed by atoms with Crippen molar-refractivity contribution < 1.29 is 161 Å². The van der Waals surface area contributed by atoms with E-state index in [1.165, 1.54) is 4.90 Å². The highest BCUT2D eigenvalue weighted by molar-refractivity contribution is 7.53. The second kappa shape index (κ2) is 58.1. The number of amides is 3. The normalized spacial score (nSPS) is 26.8. The Balaban J connectivity index is 1.30. The second-order valence-corrected chi connectivity index (χ2v) is 33.3. The number of nitrogens with one attached hydrogen (secondary N) is 2. The number of unbranched alkanes of at least 4 members (excludes halogenated alkanes) is 15. The minimum absolute atomic E-state index is 0.00489. The largest absolute Gasteiger partial charge is 0.394 e. The zero-order chi connectivity index (χ0) is 84.7. The van der Waals surface area contributed by atoms with E-state index in [1.807, 2.05) is 0 Å². The van der Waals surface area contributed by atoms with Gasteiger partial charge in [-0.25, -0.2) is 0 Å². The molecule has 0 aromatic heterocycles. The zero-order valence-corrected chi connectivity index (χ0v) is 68.3. The number of ether oxygens (including phenoxy) is 9. The van der Waals surface area contributed by atoms with Crippen LogP contribution in [0.15, 0.2) is 0 Å². The molecule has 0 aliphatic carbocycles. The van der Waals surface area contributed by atoms with E-state index in [4.69, 9.17) is 47.2 Å². The molecule has 36 nitrogen and oxygen atoms in total. The van der Waals surface area contributed by atoms with Crippen LogP contribution in [-0.2, 0) is 90.1 Å². The summed E-state index contributed by atoms with van der Waals surface area (Å²) >= 11 is 0. The van der Waals surface area contributed by atoms with Crippen LogP contribution in [0, 0.1) is 0 Å². The summed E-state index contributed by atoms with van der Waals surface area (Å²) in [5.74, 6) is -3.43. The predicted octanol–water partition coefficient (Wildman–Crippen LogP) is 1.44. The fourth-order valence-corrected chi connectivity index (χ4v) is 14.2. The molecule has 668 valence electrons. The van der Waals surface area contributed by atoms with Crippen LogP contribution in [0.25, 0.3) is 0 Å². The lowest BCUT2D eigenvalue weighted by molar-refractivity contribution is -0.301. The van der Waals surface area contributed by atoms with Gasteiger partial charge >= 0.3 is 7.60 Å². The average Bonchev–Trinajstić information content (AvgIpc) is 1.84. The third kappa shape index (κ3) is 40.5. The Bertz CT molecular complexity index is 2720. The Hall–Kier alpha value is -3.97. The summed E-state index contributed by atoms with van der Waals surface area (Å²) in [7, 11) is -3.86. The number of β-amino-alcohol motifs (C(OH)–C–C–N with tert-alkyl or cyclic N) is 1. The first-order chi connectivity index (χ1) is 55.0. The van der Waals surface area contributed by atoms with Crippen LogP contribution in [-0.4, -0.2) is 324 Å². The summed E-state index contributed by atoms with van der Waals surface area (Å²) in [6, 6.07) is -0.499. The lowest BCUT2D eigenvalue weighted by Crippen LogP contribution is -2.59. The fourth-order valence-electron chi connectivity index (χ4n) is 13.5. The van der Waals surface area contributed by atoms with Crippen molar-refractivity contribution in [3.63, 3.8) is 0 Å². The molecule has 4 heterocycles.